The number of nitrogens with one attached hydrogen (secondary N) is 1. The van der Waals surface area contributed by atoms with Crippen LogP contribution in [-0.4, -0.2) is 32.1 Å². The molecule has 1 N–H and O–H groups in total. The number of rotatable bonds is 4. The molecule has 1 aliphatic heterocycles. The topological polar surface area (TPSA) is 84.3 Å². The van der Waals surface area contributed by atoms with E-state index in [1.807, 2.05) is 24.7 Å². The zero-order valence-corrected chi connectivity index (χ0v) is 16.9. The van der Waals surface area contributed by atoms with Gasteiger partial charge in [-0.25, -0.2) is 9.19 Å². The lowest BCUT2D eigenvalue weighted by Crippen LogP contribution is -2.31. The summed E-state index contributed by atoms with van der Waals surface area (Å²) in [6.07, 6.45) is 3.50. The predicted molar refractivity (Wildman–Crippen MR) is 109 cm³/mol. The molecular formula is C21H20N4O3S. The van der Waals surface area contributed by atoms with E-state index in [9.17, 15) is 13.8 Å². The van der Waals surface area contributed by atoms with Crippen molar-refractivity contribution in [2.75, 3.05) is 11.4 Å². The van der Waals surface area contributed by atoms with E-state index in [0.717, 1.165) is 5.69 Å². The third-order valence-electron chi connectivity index (χ3n) is 4.78. The Morgan fingerprint density at radius 3 is 2.69 bits per heavy atom. The number of carbonyl (C=O) groups excluding carboxylic acids is 2. The minimum atomic E-state index is -1.51. The number of hydrogen-bond donors (Lipinski definition) is 1. The van der Waals surface area contributed by atoms with Crippen molar-refractivity contribution in [2.45, 2.75) is 23.3 Å². The van der Waals surface area contributed by atoms with Crippen molar-refractivity contribution in [2.24, 2.45) is 7.05 Å². The number of aryl methyl sites for hydroxylation is 1. The van der Waals surface area contributed by atoms with Crippen molar-refractivity contribution in [3.8, 4) is 0 Å². The lowest BCUT2D eigenvalue weighted by molar-refractivity contribution is 0.0947. The van der Waals surface area contributed by atoms with Crippen molar-refractivity contribution >= 4 is 28.3 Å². The molecule has 2 aromatic carbocycles. The normalized spacial score (nSPS) is 15.4. The maximum Gasteiger partial charge on any atom is 0.259 e. The summed E-state index contributed by atoms with van der Waals surface area (Å²) in [6, 6.07) is 11.9. The van der Waals surface area contributed by atoms with E-state index in [2.05, 4.69) is 10.3 Å². The molecule has 2 heterocycles. The van der Waals surface area contributed by atoms with Crippen LogP contribution in [0.3, 0.4) is 0 Å². The Labute approximate surface area is 170 Å². The van der Waals surface area contributed by atoms with E-state index in [-0.39, 0.29) is 11.8 Å². The highest BCUT2D eigenvalue weighted by atomic mass is 32.2. The van der Waals surface area contributed by atoms with Gasteiger partial charge in [-0.2, -0.15) is 0 Å². The van der Waals surface area contributed by atoms with Gasteiger partial charge in [-0.15, -0.1) is 0 Å². The van der Waals surface area contributed by atoms with Gasteiger partial charge in [-0.05, 0) is 37.3 Å². The molecular weight excluding hydrogens is 388 g/mol. The van der Waals surface area contributed by atoms with Gasteiger partial charge in [0.05, 0.1) is 50.4 Å². The molecule has 148 valence electrons. The molecule has 1 atom stereocenters. The van der Waals surface area contributed by atoms with Crippen LogP contribution in [-0.2, 0) is 24.4 Å². The number of carbonyl (C=O) groups is 2. The van der Waals surface area contributed by atoms with Crippen LogP contribution in [0, 0.1) is 0 Å². The maximum absolute atomic E-state index is 13.2. The Hall–Kier alpha value is -3.26. The summed E-state index contributed by atoms with van der Waals surface area (Å²) in [6.45, 7) is 2.55. The van der Waals surface area contributed by atoms with Gasteiger partial charge in [0.15, 0.2) is 0 Å². The summed E-state index contributed by atoms with van der Waals surface area (Å²) in [5, 5.41) is 2.83. The minimum Gasteiger partial charge on any atom is -0.346 e. The van der Waals surface area contributed by atoms with E-state index in [1.54, 1.807) is 53.7 Å². The quantitative estimate of drug-likeness (QED) is 0.719. The van der Waals surface area contributed by atoms with Gasteiger partial charge in [-0.1, -0.05) is 12.1 Å². The third kappa shape index (κ3) is 3.47. The SMILES string of the molecule is CCN1C(=O)c2ccccc2S(=O)c2ccc(C(=O)NCc3cn(C)cn3)cc21. The number of imidazole rings is 1. The molecule has 1 aromatic heterocycles. The first-order valence-corrected chi connectivity index (χ1v) is 10.4. The largest absolute Gasteiger partial charge is 0.346 e. The zero-order valence-electron chi connectivity index (χ0n) is 16.1. The summed E-state index contributed by atoms with van der Waals surface area (Å²) in [7, 11) is 0.351. The highest BCUT2D eigenvalue weighted by Gasteiger charge is 2.30. The number of nitrogens with zero attached hydrogens (tertiary/aromatic N) is 3. The predicted octanol–water partition coefficient (Wildman–Crippen LogP) is 2.50. The van der Waals surface area contributed by atoms with Crippen LogP contribution in [0.15, 0.2) is 64.8 Å². The Morgan fingerprint density at radius 2 is 1.97 bits per heavy atom. The standard InChI is InChI=1S/C21H20N4O3S/c1-3-25-17-10-14(20(26)22-11-15-12-24(2)13-23-15)8-9-19(17)29(28)18-7-5-4-6-16(18)21(25)27/h4-10,12-13H,3,11H2,1-2H3,(H,22,26). The molecule has 0 fully saturated rings. The second-order valence-electron chi connectivity index (χ2n) is 6.71. The second kappa shape index (κ2) is 7.63. The molecule has 7 nitrogen and oxygen atoms in total. The maximum atomic E-state index is 13.2. The molecule has 3 aromatic rings. The molecule has 1 unspecified atom stereocenters. The molecule has 0 saturated carbocycles. The average molecular weight is 408 g/mol. The molecule has 29 heavy (non-hydrogen) atoms. The van der Waals surface area contributed by atoms with E-state index >= 15 is 0 Å². The highest BCUT2D eigenvalue weighted by molar-refractivity contribution is 7.85. The molecule has 2 amide bonds. The number of benzene rings is 2. The summed E-state index contributed by atoms with van der Waals surface area (Å²) >= 11 is 0. The Balaban J connectivity index is 1.68. The summed E-state index contributed by atoms with van der Waals surface area (Å²) in [4.78, 5) is 32.5. The number of hydrogen-bond acceptors (Lipinski definition) is 4. The van der Waals surface area contributed by atoms with Crippen molar-refractivity contribution in [1.82, 2.24) is 14.9 Å². The highest BCUT2D eigenvalue weighted by Crippen LogP contribution is 2.35. The van der Waals surface area contributed by atoms with Gasteiger partial charge >= 0.3 is 0 Å². The van der Waals surface area contributed by atoms with Gasteiger partial charge in [0.25, 0.3) is 11.8 Å². The van der Waals surface area contributed by atoms with Crippen molar-refractivity contribution in [3.05, 3.63) is 71.8 Å². The fourth-order valence-corrected chi connectivity index (χ4v) is 4.69. The molecule has 0 spiro atoms. The first-order valence-electron chi connectivity index (χ1n) is 9.21. The molecule has 1 aliphatic rings. The summed E-state index contributed by atoms with van der Waals surface area (Å²) < 4.78 is 15.0. The first-order chi connectivity index (χ1) is 14.0. The fraction of sp³-hybridized carbons (Fsp3) is 0.190. The summed E-state index contributed by atoms with van der Waals surface area (Å²) in [5.74, 6) is -0.504. The number of anilines is 1. The lowest BCUT2D eigenvalue weighted by Gasteiger charge is -2.21. The molecule has 0 saturated heterocycles. The Morgan fingerprint density at radius 1 is 1.17 bits per heavy atom. The Kier molecular flexibility index (Phi) is 5.02. The third-order valence-corrected chi connectivity index (χ3v) is 6.28. The molecule has 4 rings (SSSR count). The van der Waals surface area contributed by atoms with Gasteiger partial charge in [0.1, 0.15) is 0 Å². The number of aromatic nitrogens is 2. The molecule has 8 heteroatoms. The van der Waals surface area contributed by atoms with Gasteiger partial charge < -0.3 is 14.8 Å². The monoisotopic (exact) mass is 408 g/mol. The van der Waals surface area contributed by atoms with Crippen LogP contribution >= 0.6 is 0 Å². The zero-order chi connectivity index (χ0) is 20.5. The van der Waals surface area contributed by atoms with Crippen LogP contribution in [0.2, 0.25) is 0 Å². The van der Waals surface area contributed by atoms with Crippen LogP contribution in [0.1, 0.15) is 33.3 Å². The minimum absolute atomic E-state index is 0.221. The van der Waals surface area contributed by atoms with E-state index in [1.165, 1.54) is 0 Å². The van der Waals surface area contributed by atoms with Gasteiger partial charge in [0.2, 0.25) is 0 Å². The van der Waals surface area contributed by atoms with E-state index in [4.69, 9.17) is 0 Å². The van der Waals surface area contributed by atoms with Crippen LogP contribution in [0.5, 0.6) is 0 Å². The van der Waals surface area contributed by atoms with E-state index in [0.29, 0.717) is 39.7 Å². The fourth-order valence-electron chi connectivity index (χ4n) is 3.35. The number of amides is 2. The summed E-state index contributed by atoms with van der Waals surface area (Å²) in [5.41, 5.74) is 2.06. The van der Waals surface area contributed by atoms with E-state index < -0.39 is 10.8 Å². The average Bonchev–Trinajstić information content (AvgIpc) is 3.13. The van der Waals surface area contributed by atoms with Crippen LogP contribution < -0.4 is 10.2 Å². The Bertz CT molecular complexity index is 1140. The van der Waals surface area contributed by atoms with Gasteiger partial charge in [0, 0.05) is 25.4 Å². The molecule has 0 aliphatic carbocycles. The lowest BCUT2D eigenvalue weighted by atomic mass is 10.1. The smallest absolute Gasteiger partial charge is 0.259 e. The first kappa shape index (κ1) is 19.1. The second-order valence-corrected chi connectivity index (χ2v) is 8.13. The van der Waals surface area contributed by atoms with Gasteiger partial charge in [-0.3, -0.25) is 9.59 Å². The van der Waals surface area contributed by atoms with Crippen molar-refractivity contribution in [3.63, 3.8) is 0 Å². The number of fused-ring (bicyclic) bond motifs is 2. The molecule has 0 bridgehead atoms. The van der Waals surface area contributed by atoms with Crippen LogP contribution in [0.4, 0.5) is 5.69 Å². The van der Waals surface area contributed by atoms with Crippen molar-refractivity contribution in [1.29, 1.82) is 0 Å². The molecule has 0 radical (unpaired) electrons. The van der Waals surface area contributed by atoms with Crippen molar-refractivity contribution < 1.29 is 13.8 Å². The van der Waals surface area contributed by atoms with Crippen LogP contribution in [0.25, 0.3) is 0 Å².